The first-order valence-corrected chi connectivity index (χ1v) is 5.47. The van der Waals surface area contributed by atoms with Gasteiger partial charge in [-0.3, -0.25) is 9.48 Å². The molecule has 5 nitrogen and oxygen atoms in total. The number of nitrogens with zero attached hydrogens (tertiary/aromatic N) is 3. The Morgan fingerprint density at radius 2 is 2.28 bits per heavy atom. The van der Waals surface area contributed by atoms with Crippen LogP contribution in [0, 0.1) is 18.3 Å². The summed E-state index contributed by atoms with van der Waals surface area (Å²) in [7, 11) is 0. The first-order valence-electron chi connectivity index (χ1n) is 5.47. The molecule has 0 unspecified atom stereocenters. The molecule has 1 N–H and O–H groups in total. The van der Waals surface area contributed by atoms with Gasteiger partial charge in [0.15, 0.2) is 0 Å². The normalized spacial score (nSPS) is 9.78. The number of carbonyl (C=O) groups excluding carboxylic acids is 1. The number of anilines is 1. The Labute approximate surface area is 105 Å². The number of hydrogen-bond donors (Lipinski definition) is 1. The SMILES string of the molecule is Cc1cnn(CC(=O)Nc2ccccc2C#N)c1. The Hall–Kier alpha value is -2.61. The second-order valence-electron chi connectivity index (χ2n) is 3.92. The van der Waals surface area contributed by atoms with E-state index in [9.17, 15) is 4.79 Å². The lowest BCUT2D eigenvalue weighted by Gasteiger charge is -2.06. The molecule has 1 heterocycles. The standard InChI is InChI=1S/C13H12N4O/c1-10-7-15-17(8-10)9-13(18)16-12-5-3-2-4-11(12)6-14/h2-5,7-8H,9H2,1H3,(H,16,18). The van der Waals surface area contributed by atoms with E-state index in [2.05, 4.69) is 10.4 Å². The van der Waals surface area contributed by atoms with Gasteiger partial charge in [-0.15, -0.1) is 0 Å². The largest absolute Gasteiger partial charge is 0.323 e. The Bertz CT molecular complexity index is 609. The van der Waals surface area contributed by atoms with Crippen molar-refractivity contribution < 1.29 is 4.79 Å². The van der Waals surface area contributed by atoms with Crippen molar-refractivity contribution in [3.63, 3.8) is 0 Å². The van der Waals surface area contributed by atoms with Crippen LogP contribution in [0.4, 0.5) is 5.69 Å². The minimum atomic E-state index is -0.208. The molecule has 5 heteroatoms. The Morgan fingerprint density at radius 3 is 2.94 bits per heavy atom. The van der Waals surface area contributed by atoms with Gasteiger partial charge in [0.05, 0.1) is 17.4 Å². The van der Waals surface area contributed by atoms with Crippen molar-refractivity contribution in [1.82, 2.24) is 9.78 Å². The third-order valence-electron chi connectivity index (χ3n) is 2.39. The van der Waals surface area contributed by atoms with Crippen LogP contribution < -0.4 is 5.32 Å². The number of amides is 1. The number of aromatic nitrogens is 2. The molecule has 0 saturated heterocycles. The van der Waals surface area contributed by atoms with E-state index < -0.39 is 0 Å². The average molecular weight is 240 g/mol. The summed E-state index contributed by atoms with van der Waals surface area (Å²) in [5.41, 5.74) is 1.97. The van der Waals surface area contributed by atoms with Crippen LogP contribution in [0.5, 0.6) is 0 Å². The number of rotatable bonds is 3. The maximum atomic E-state index is 11.8. The topological polar surface area (TPSA) is 70.7 Å². The lowest BCUT2D eigenvalue weighted by atomic mass is 10.2. The number of carbonyl (C=O) groups is 1. The van der Waals surface area contributed by atoms with Crippen molar-refractivity contribution >= 4 is 11.6 Å². The van der Waals surface area contributed by atoms with Gasteiger partial charge in [0.25, 0.3) is 0 Å². The molecular weight excluding hydrogens is 228 g/mol. The molecule has 2 aromatic rings. The van der Waals surface area contributed by atoms with Crippen molar-refractivity contribution in [2.24, 2.45) is 0 Å². The summed E-state index contributed by atoms with van der Waals surface area (Å²) in [6.07, 6.45) is 3.48. The van der Waals surface area contributed by atoms with E-state index in [0.29, 0.717) is 11.3 Å². The quantitative estimate of drug-likeness (QED) is 0.887. The highest BCUT2D eigenvalue weighted by Gasteiger charge is 2.07. The third kappa shape index (κ3) is 2.74. The number of nitriles is 1. The molecule has 0 radical (unpaired) electrons. The molecule has 18 heavy (non-hydrogen) atoms. The fourth-order valence-electron chi connectivity index (χ4n) is 1.58. The number of nitrogens with one attached hydrogen (secondary N) is 1. The maximum Gasteiger partial charge on any atom is 0.246 e. The highest BCUT2D eigenvalue weighted by molar-refractivity contribution is 5.91. The predicted octanol–water partition coefficient (Wildman–Crippen LogP) is 1.70. The first kappa shape index (κ1) is 11.9. The average Bonchev–Trinajstić information content (AvgIpc) is 2.75. The minimum absolute atomic E-state index is 0.133. The van der Waals surface area contributed by atoms with Gasteiger partial charge in [-0.1, -0.05) is 12.1 Å². The molecule has 0 aliphatic heterocycles. The van der Waals surface area contributed by atoms with Crippen LogP contribution >= 0.6 is 0 Å². The second-order valence-corrected chi connectivity index (χ2v) is 3.92. The lowest BCUT2D eigenvalue weighted by molar-refractivity contribution is -0.116. The summed E-state index contributed by atoms with van der Waals surface area (Å²) in [5.74, 6) is -0.208. The van der Waals surface area contributed by atoms with Gasteiger partial charge in [-0.2, -0.15) is 10.4 Å². The number of para-hydroxylation sites is 1. The molecule has 0 saturated carbocycles. The van der Waals surface area contributed by atoms with E-state index in [4.69, 9.17) is 5.26 Å². The van der Waals surface area contributed by atoms with Gasteiger partial charge in [-0.25, -0.2) is 0 Å². The highest BCUT2D eigenvalue weighted by atomic mass is 16.2. The zero-order chi connectivity index (χ0) is 13.0. The number of benzene rings is 1. The summed E-state index contributed by atoms with van der Waals surface area (Å²) in [4.78, 5) is 11.8. The summed E-state index contributed by atoms with van der Waals surface area (Å²) < 4.78 is 1.56. The Kier molecular flexibility index (Phi) is 3.39. The number of aryl methyl sites for hydroxylation is 1. The van der Waals surface area contributed by atoms with Crippen molar-refractivity contribution in [2.75, 3.05) is 5.32 Å². The van der Waals surface area contributed by atoms with Crippen molar-refractivity contribution in [1.29, 1.82) is 5.26 Å². The van der Waals surface area contributed by atoms with Gasteiger partial charge in [0.2, 0.25) is 5.91 Å². The van der Waals surface area contributed by atoms with E-state index in [1.165, 1.54) is 0 Å². The number of hydrogen-bond acceptors (Lipinski definition) is 3. The first-order chi connectivity index (χ1) is 8.69. The minimum Gasteiger partial charge on any atom is -0.323 e. The van der Waals surface area contributed by atoms with E-state index in [-0.39, 0.29) is 12.5 Å². The van der Waals surface area contributed by atoms with E-state index in [1.54, 1.807) is 41.3 Å². The summed E-state index contributed by atoms with van der Waals surface area (Å²) in [5, 5.41) is 15.6. The summed E-state index contributed by atoms with van der Waals surface area (Å²) in [6.45, 7) is 2.04. The van der Waals surface area contributed by atoms with Gasteiger partial charge >= 0.3 is 0 Å². The molecule has 2 rings (SSSR count). The van der Waals surface area contributed by atoms with Gasteiger partial charge < -0.3 is 5.32 Å². The zero-order valence-corrected chi connectivity index (χ0v) is 9.92. The second kappa shape index (κ2) is 5.15. The van der Waals surface area contributed by atoms with Crippen LogP contribution in [-0.4, -0.2) is 15.7 Å². The van der Waals surface area contributed by atoms with Crippen molar-refractivity contribution in [2.45, 2.75) is 13.5 Å². The Balaban J connectivity index is 2.06. The van der Waals surface area contributed by atoms with Gasteiger partial charge in [0.1, 0.15) is 12.6 Å². The van der Waals surface area contributed by atoms with Crippen LogP contribution in [0.15, 0.2) is 36.7 Å². The Morgan fingerprint density at radius 1 is 1.50 bits per heavy atom. The summed E-state index contributed by atoms with van der Waals surface area (Å²) >= 11 is 0. The molecule has 0 aliphatic carbocycles. The molecule has 1 aromatic carbocycles. The van der Waals surface area contributed by atoms with E-state index in [1.807, 2.05) is 13.0 Å². The fraction of sp³-hybridized carbons (Fsp3) is 0.154. The van der Waals surface area contributed by atoms with Gasteiger partial charge in [-0.05, 0) is 24.6 Å². The van der Waals surface area contributed by atoms with Gasteiger partial charge in [0, 0.05) is 6.20 Å². The van der Waals surface area contributed by atoms with Crippen LogP contribution in [0.3, 0.4) is 0 Å². The van der Waals surface area contributed by atoms with Crippen LogP contribution in [0.2, 0.25) is 0 Å². The molecule has 0 spiro atoms. The molecule has 0 atom stereocenters. The monoisotopic (exact) mass is 240 g/mol. The molecule has 0 fully saturated rings. The zero-order valence-electron chi connectivity index (χ0n) is 9.92. The van der Waals surface area contributed by atoms with Crippen LogP contribution in [-0.2, 0) is 11.3 Å². The molecule has 1 aromatic heterocycles. The fourth-order valence-corrected chi connectivity index (χ4v) is 1.58. The third-order valence-corrected chi connectivity index (χ3v) is 2.39. The van der Waals surface area contributed by atoms with E-state index in [0.717, 1.165) is 5.56 Å². The predicted molar refractivity (Wildman–Crippen MR) is 66.8 cm³/mol. The summed E-state index contributed by atoms with van der Waals surface area (Å²) in [6, 6.07) is 8.92. The highest BCUT2D eigenvalue weighted by Crippen LogP contribution is 2.13. The molecule has 90 valence electrons. The maximum absolute atomic E-state index is 11.8. The lowest BCUT2D eigenvalue weighted by Crippen LogP contribution is -2.19. The van der Waals surface area contributed by atoms with Crippen LogP contribution in [0.1, 0.15) is 11.1 Å². The molecule has 0 bridgehead atoms. The molecule has 0 aliphatic rings. The van der Waals surface area contributed by atoms with Crippen molar-refractivity contribution in [3.8, 4) is 6.07 Å². The smallest absolute Gasteiger partial charge is 0.246 e. The molecule has 1 amide bonds. The van der Waals surface area contributed by atoms with Crippen molar-refractivity contribution in [3.05, 3.63) is 47.8 Å². The molecular formula is C13H12N4O. The van der Waals surface area contributed by atoms with Crippen LogP contribution in [0.25, 0.3) is 0 Å². The van der Waals surface area contributed by atoms with E-state index >= 15 is 0 Å².